The molecule has 0 heterocycles. The molecule has 0 saturated heterocycles. The highest BCUT2D eigenvalue weighted by molar-refractivity contribution is 7.48. The third kappa shape index (κ3) is 5.99. The van der Waals surface area contributed by atoms with Crippen LogP contribution in [0.3, 0.4) is 0 Å². The summed E-state index contributed by atoms with van der Waals surface area (Å²) in [5.74, 6) is -0.665. The van der Waals surface area contributed by atoms with E-state index >= 15 is 0 Å². The van der Waals surface area contributed by atoms with Gasteiger partial charge in [-0.3, -0.25) is 9.05 Å². The molecule has 1 rings (SSSR count). The van der Waals surface area contributed by atoms with Crippen molar-refractivity contribution in [3.63, 3.8) is 0 Å². The van der Waals surface area contributed by atoms with Crippen LogP contribution in [0.25, 0.3) is 0 Å². The van der Waals surface area contributed by atoms with Crippen LogP contribution in [0.1, 0.15) is 12.5 Å². The van der Waals surface area contributed by atoms with Crippen LogP contribution < -0.4 is 0 Å². The van der Waals surface area contributed by atoms with E-state index in [9.17, 15) is 9.36 Å². The normalized spacial score (nSPS) is 12.1. The summed E-state index contributed by atoms with van der Waals surface area (Å²) in [6.07, 6.45) is 1.02. The van der Waals surface area contributed by atoms with Gasteiger partial charge in [-0.05, 0) is 19.1 Å². The highest BCUT2D eigenvalue weighted by atomic mass is 35.5. The predicted octanol–water partition coefficient (Wildman–Crippen LogP) is 4.36. The molecular formula is C13H15Cl2O6P. The maximum atomic E-state index is 11.7. The Balaban J connectivity index is 2.62. The number of hydrogen-bond donors (Lipinski definition) is 0. The first-order valence-corrected chi connectivity index (χ1v) is 8.21. The van der Waals surface area contributed by atoms with Crippen molar-refractivity contribution in [2.24, 2.45) is 0 Å². The Kier molecular flexibility index (Phi) is 7.39. The zero-order valence-electron chi connectivity index (χ0n) is 12.2. The molecule has 0 radical (unpaired) electrons. The summed E-state index contributed by atoms with van der Waals surface area (Å²) in [6.45, 7) is 1.38. The third-order valence-electron chi connectivity index (χ3n) is 2.41. The second-order valence-electron chi connectivity index (χ2n) is 4.00. The van der Waals surface area contributed by atoms with Crippen molar-refractivity contribution in [2.75, 3.05) is 14.2 Å². The van der Waals surface area contributed by atoms with Gasteiger partial charge in [-0.15, -0.1) is 0 Å². The number of hydrogen-bond acceptors (Lipinski definition) is 6. The van der Waals surface area contributed by atoms with Crippen LogP contribution in [0.5, 0.6) is 0 Å². The zero-order chi connectivity index (χ0) is 16.8. The molecule has 0 saturated carbocycles. The van der Waals surface area contributed by atoms with Gasteiger partial charge in [0.05, 0.1) is 6.08 Å². The lowest BCUT2D eigenvalue weighted by atomic mass is 10.2. The van der Waals surface area contributed by atoms with E-state index in [2.05, 4.69) is 9.05 Å². The maximum Gasteiger partial charge on any atom is 0.529 e. The molecule has 0 unspecified atom stereocenters. The molecule has 0 fully saturated rings. The Morgan fingerprint density at radius 1 is 1.27 bits per heavy atom. The highest BCUT2D eigenvalue weighted by Crippen LogP contribution is 2.49. The van der Waals surface area contributed by atoms with Gasteiger partial charge in [-0.25, -0.2) is 9.36 Å². The second-order valence-corrected chi connectivity index (χ2v) is 6.65. The van der Waals surface area contributed by atoms with E-state index in [4.69, 9.17) is 32.5 Å². The lowest BCUT2D eigenvalue weighted by Crippen LogP contribution is -2.03. The quantitative estimate of drug-likeness (QED) is 0.308. The lowest BCUT2D eigenvalue weighted by Gasteiger charge is -2.14. The van der Waals surface area contributed by atoms with Gasteiger partial charge in [0, 0.05) is 29.8 Å². The standard InChI is InChI=1S/C13H15Cl2O6P/c1-9(21-22(17,18-2)19-3)6-13(16)20-8-10-4-5-11(14)7-12(10)15/h4-7H,8H2,1-3H3. The average Bonchev–Trinajstić information content (AvgIpc) is 2.46. The van der Waals surface area contributed by atoms with Crippen LogP contribution in [0.15, 0.2) is 30.0 Å². The molecule has 0 amide bonds. The van der Waals surface area contributed by atoms with Crippen molar-refractivity contribution < 1.29 is 27.7 Å². The topological polar surface area (TPSA) is 71.1 Å². The molecule has 0 aliphatic rings. The molecule has 1 aromatic carbocycles. The van der Waals surface area contributed by atoms with Gasteiger partial charge in [0.15, 0.2) is 0 Å². The van der Waals surface area contributed by atoms with Gasteiger partial charge < -0.3 is 9.26 Å². The van der Waals surface area contributed by atoms with Gasteiger partial charge in [0.25, 0.3) is 0 Å². The average molecular weight is 369 g/mol. The van der Waals surface area contributed by atoms with E-state index in [0.29, 0.717) is 15.6 Å². The summed E-state index contributed by atoms with van der Waals surface area (Å²) in [5, 5.41) is 0.875. The van der Waals surface area contributed by atoms with E-state index in [1.54, 1.807) is 18.2 Å². The van der Waals surface area contributed by atoms with Crippen molar-refractivity contribution in [2.45, 2.75) is 13.5 Å². The molecular weight excluding hydrogens is 354 g/mol. The number of phosphoric ester groups is 1. The van der Waals surface area contributed by atoms with Crippen molar-refractivity contribution >= 4 is 37.0 Å². The summed E-state index contributed by atoms with van der Waals surface area (Å²) in [6, 6.07) is 4.83. The molecule has 9 heteroatoms. The zero-order valence-corrected chi connectivity index (χ0v) is 14.6. The molecule has 0 bridgehead atoms. The van der Waals surface area contributed by atoms with Crippen molar-refractivity contribution in [1.29, 1.82) is 0 Å². The molecule has 1 aromatic rings. The largest absolute Gasteiger partial charge is 0.529 e. The molecule has 0 atom stereocenters. The van der Waals surface area contributed by atoms with Crippen molar-refractivity contribution in [1.82, 2.24) is 0 Å². The molecule has 0 aliphatic heterocycles. The molecule has 6 nitrogen and oxygen atoms in total. The van der Waals surface area contributed by atoms with Gasteiger partial charge in [0.1, 0.15) is 12.4 Å². The van der Waals surface area contributed by atoms with Gasteiger partial charge in [0.2, 0.25) is 0 Å². The first kappa shape index (κ1) is 19.0. The lowest BCUT2D eigenvalue weighted by molar-refractivity contribution is -0.139. The molecule has 0 spiro atoms. The van der Waals surface area contributed by atoms with E-state index in [0.717, 1.165) is 6.08 Å². The number of allylic oxidation sites excluding steroid dienone is 1. The summed E-state index contributed by atoms with van der Waals surface area (Å²) in [4.78, 5) is 11.6. The Labute approximate surface area is 138 Å². The van der Waals surface area contributed by atoms with Crippen LogP contribution >= 0.6 is 31.0 Å². The fourth-order valence-electron chi connectivity index (χ4n) is 1.35. The van der Waals surface area contributed by atoms with Crippen LogP contribution in [0, 0.1) is 0 Å². The SMILES string of the molecule is COP(=O)(OC)OC(C)=CC(=O)OCc1ccc(Cl)cc1Cl. The second kappa shape index (κ2) is 8.56. The van der Waals surface area contributed by atoms with E-state index < -0.39 is 13.8 Å². The summed E-state index contributed by atoms with van der Waals surface area (Å²) in [7, 11) is -1.37. The van der Waals surface area contributed by atoms with Crippen molar-refractivity contribution in [3.8, 4) is 0 Å². The number of esters is 1. The molecule has 22 heavy (non-hydrogen) atoms. The Morgan fingerprint density at radius 2 is 1.91 bits per heavy atom. The van der Waals surface area contributed by atoms with E-state index in [1.807, 2.05) is 0 Å². The first-order chi connectivity index (χ1) is 10.3. The number of halogens is 2. The third-order valence-corrected chi connectivity index (χ3v) is 4.40. The first-order valence-electron chi connectivity index (χ1n) is 5.99. The number of carbonyl (C=O) groups is 1. The van der Waals surface area contributed by atoms with Gasteiger partial charge in [-0.1, -0.05) is 29.3 Å². The molecule has 0 aliphatic carbocycles. The van der Waals surface area contributed by atoms with Crippen LogP contribution in [0.2, 0.25) is 10.0 Å². The number of rotatable bonds is 7. The minimum absolute atomic E-state index is 0.0271. The van der Waals surface area contributed by atoms with Crippen LogP contribution in [0.4, 0.5) is 0 Å². The van der Waals surface area contributed by atoms with Crippen LogP contribution in [-0.4, -0.2) is 20.2 Å². The smallest absolute Gasteiger partial charge is 0.458 e. The van der Waals surface area contributed by atoms with E-state index in [1.165, 1.54) is 21.1 Å². The van der Waals surface area contributed by atoms with Crippen LogP contribution in [-0.2, 0) is 34.3 Å². The molecule has 0 N–H and O–H groups in total. The minimum Gasteiger partial charge on any atom is -0.458 e. The number of ether oxygens (including phenoxy) is 1. The Hall–Kier alpha value is -1.04. The van der Waals surface area contributed by atoms with E-state index in [-0.39, 0.29) is 12.4 Å². The fourth-order valence-corrected chi connectivity index (χ4v) is 2.51. The molecule has 0 aromatic heterocycles. The highest BCUT2D eigenvalue weighted by Gasteiger charge is 2.24. The van der Waals surface area contributed by atoms with Gasteiger partial charge >= 0.3 is 13.8 Å². The number of carbonyl (C=O) groups excluding carboxylic acids is 1. The predicted molar refractivity (Wildman–Crippen MR) is 82.7 cm³/mol. The van der Waals surface area contributed by atoms with Crippen molar-refractivity contribution in [3.05, 3.63) is 45.6 Å². The Morgan fingerprint density at radius 3 is 2.45 bits per heavy atom. The van der Waals surface area contributed by atoms with Gasteiger partial charge in [-0.2, -0.15) is 0 Å². The summed E-state index contributed by atoms with van der Waals surface area (Å²) >= 11 is 11.7. The monoisotopic (exact) mass is 368 g/mol. The summed E-state index contributed by atoms with van der Waals surface area (Å²) < 4.78 is 30.8. The fraction of sp³-hybridized carbons (Fsp3) is 0.308. The Bertz CT molecular complexity index is 609. The number of benzene rings is 1. The maximum absolute atomic E-state index is 11.7. The number of phosphoric acid groups is 1. The minimum atomic E-state index is -3.70. The summed E-state index contributed by atoms with van der Waals surface area (Å²) in [5.41, 5.74) is 0.603. The molecule has 122 valence electrons.